The summed E-state index contributed by atoms with van der Waals surface area (Å²) in [4.78, 5) is 23.2. The molecule has 2 aromatic carbocycles. The molecule has 1 atom stereocenters. The number of hydrogen-bond donors (Lipinski definition) is 4. The smallest absolute Gasteiger partial charge is 0.335 e. The zero-order chi connectivity index (χ0) is 21.4. The number of carboxylic acid groups (broad SMARTS) is 1. The van der Waals surface area contributed by atoms with E-state index in [9.17, 15) is 9.59 Å². The Morgan fingerprint density at radius 2 is 1.72 bits per heavy atom. The lowest BCUT2D eigenvalue weighted by atomic mass is 10.2. The largest absolute Gasteiger partial charge is 0.478 e. The van der Waals surface area contributed by atoms with Crippen LogP contribution >= 0.6 is 47.0 Å². The number of thiocarbonyl (C=S) groups is 1. The van der Waals surface area contributed by atoms with Gasteiger partial charge in [-0.25, -0.2) is 4.79 Å². The van der Waals surface area contributed by atoms with E-state index >= 15 is 0 Å². The number of alkyl halides is 3. The average molecular weight is 473 g/mol. The third-order valence-electron chi connectivity index (χ3n) is 3.48. The summed E-state index contributed by atoms with van der Waals surface area (Å²) in [5, 5.41) is 17.1. The molecule has 1 amide bonds. The molecule has 0 radical (unpaired) electrons. The van der Waals surface area contributed by atoms with Gasteiger partial charge in [0.1, 0.15) is 6.17 Å². The molecule has 0 spiro atoms. The lowest BCUT2D eigenvalue weighted by Crippen LogP contribution is -2.55. The van der Waals surface area contributed by atoms with Crippen molar-refractivity contribution in [3.63, 3.8) is 0 Å². The first-order valence-corrected chi connectivity index (χ1v) is 9.70. The molecule has 152 valence electrons. The highest BCUT2D eigenvalue weighted by Crippen LogP contribution is 2.29. The molecule has 0 saturated heterocycles. The molecule has 0 fully saturated rings. The fourth-order valence-electron chi connectivity index (χ4n) is 2.15. The molecule has 0 aliphatic carbocycles. The van der Waals surface area contributed by atoms with Crippen molar-refractivity contribution < 1.29 is 14.7 Å². The van der Waals surface area contributed by atoms with Crippen molar-refractivity contribution >= 4 is 75.8 Å². The van der Waals surface area contributed by atoms with Gasteiger partial charge in [0.15, 0.2) is 5.11 Å². The second kappa shape index (κ2) is 10.5. The number of anilines is 1. The van der Waals surface area contributed by atoms with E-state index < -0.39 is 21.8 Å². The van der Waals surface area contributed by atoms with E-state index in [1.807, 2.05) is 30.3 Å². The van der Waals surface area contributed by atoms with Gasteiger partial charge < -0.3 is 21.1 Å². The third kappa shape index (κ3) is 7.91. The maximum Gasteiger partial charge on any atom is 0.335 e. The molecule has 0 aromatic heterocycles. The van der Waals surface area contributed by atoms with Crippen LogP contribution in [0.1, 0.15) is 15.9 Å². The summed E-state index contributed by atoms with van der Waals surface area (Å²) in [5.74, 6) is -1.59. The zero-order valence-corrected chi connectivity index (χ0v) is 17.8. The lowest BCUT2D eigenvalue weighted by molar-refractivity contribution is -0.117. The molecule has 10 heteroatoms. The Hall–Kier alpha value is -2.32. The van der Waals surface area contributed by atoms with E-state index in [0.717, 1.165) is 5.56 Å². The van der Waals surface area contributed by atoms with Crippen molar-refractivity contribution in [1.29, 1.82) is 0 Å². The van der Waals surface area contributed by atoms with Crippen LogP contribution < -0.4 is 16.0 Å². The number of halogens is 3. The Balaban J connectivity index is 2.02. The molecule has 2 rings (SSSR count). The van der Waals surface area contributed by atoms with Crippen LogP contribution in [0.3, 0.4) is 0 Å². The SMILES string of the molecule is O=C(C=Cc1ccccc1)NC(NC(=S)Nc1cccc(C(=O)O)c1)C(Cl)(Cl)Cl. The van der Waals surface area contributed by atoms with Gasteiger partial charge in [0.25, 0.3) is 0 Å². The molecular weight excluding hydrogens is 457 g/mol. The number of amides is 1. The standard InChI is InChI=1S/C19H16Cl3N3O3S/c20-19(21,22)17(24-15(26)10-9-12-5-2-1-3-6-12)25-18(29)23-14-8-4-7-13(11-14)16(27)28/h1-11,17H,(H,24,26)(H,27,28)(H2,23,25,29). The van der Waals surface area contributed by atoms with E-state index in [2.05, 4.69) is 16.0 Å². The van der Waals surface area contributed by atoms with Crippen LogP contribution in [0.4, 0.5) is 5.69 Å². The normalized spacial score (nSPS) is 12.2. The molecule has 0 bridgehead atoms. The molecule has 0 heterocycles. The number of aromatic carboxylic acids is 1. The van der Waals surface area contributed by atoms with E-state index in [-0.39, 0.29) is 10.7 Å². The second-order valence-corrected chi connectivity index (χ2v) is 8.49. The number of rotatable bonds is 6. The van der Waals surface area contributed by atoms with E-state index in [1.54, 1.807) is 18.2 Å². The van der Waals surface area contributed by atoms with Gasteiger partial charge in [-0.15, -0.1) is 0 Å². The number of nitrogens with one attached hydrogen (secondary N) is 3. The Bertz CT molecular complexity index is 918. The Morgan fingerprint density at radius 1 is 1.03 bits per heavy atom. The number of benzene rings is 2. The minimum absolute atomic E-state index is 0.0243. The van der Waals surface area contributed by atoms with Gasteiger partial charge in [-0.05, 0) is 42.1 Å². The van der Waals surface area contributed by atoms with Crippen molar-refractivity contribution in [3.8, 4) is 0 Å². The molecule has 1 unspecified atom stereocenters. The van der Waals surface area contributed by atoms with E-state index in [4.69, 9.17) is 52.1 Å². The molecule has 0 aliphatic heterocycles. The van der Waals surface area contributed by atoms with Crippen LogP contribution in [0.15, 0.2) is 60.7 Å². The average Bonchev–Trinajstić information content (AvgIpc) is 2.66. The number of carbonyl (C=O) groups excluding carboxylic acids is 1. The number of carboxylic acids is 1. The van der Waals surface area contributed by atoms with Crippen molar-refractivity contribution in [1.82, 2.24) is 10.6 Å². The Labute approximate surface area is 187 Å². The van der Waals surface area contributed by atoms with Gasteiger partial charge in [-0.1, -0.05) is 71.2 Å². The summed E-state index contributed by atoms with van der Waals surface area (Å²) in [6.45, 7) is 0. The summed E-state index contributed by atoms with van der Waals surface area (Å²) in [7, 11) is 0. The number of hydrogen-bond acceptors (Lipinski definition) is 3. The van der Waals surface area contributed by atoms with Crippen LogP contribution in [0.25, 0.3) is 6.08 Å². The predicted molar refractivity (Wildman–Crippen MR) is 120 cm³/mol. The summed E-state index contributed by atoms with van der Waals surface area (Å²) >= 11 is 23.0. The monoisotopic (exact) mass is 471 g/mol. The van der Waals surface area contributed by atoms with E-state index in [1.165, 1.54) is 18.2 Å². The highest BCUT2D eigenvalue weighted by Gasteiger charge is 2.34. The van der Waals surface area contributed by atoms with Crippen LogP contribution in [-0.2, 0) is 4.79 Å². The van der Waals surface area contributed by atoms with Crippen LogP contribution in [0.2, 0.25) is 0 Å². The minimum Gasteiger partial charge on any atom is -0.478 e. The summed E-state index contributed by atoms with van der Waals surface area (Å²) < 4.78 is -1.91. The highest BCUT2D eigenvalue weighted by atomic mass is 35.6. The van der Waals surface area contributed by atoms with Crippen molar-refractivity contribution in [2.24, 2.45) is 0 Å². The Kier molecular flexibility index (Phi) is 8.28. The first-order chi connectivity index (χ1) is 13.6. The van der Waals surface area contributed by atoms with Gasteiger partial charge in [-0.2, -0.15) is 0 Å². The molecule has 4 N–H and O–H groups in total. The molecule has 29 heavy (non-hydrogen) atoms. The molecule has 0 aliphatic rings. The van der Waals surface area contributed by atoms with Gasteiger partial charge in [0, 0.05) is 11.8 Å². The van der Waals surface area contributed by atoms with Crippen LogP contribution in [0.5, 0.6) is 0 Å². The first-order valence-electron chi connectivity index (χ1n) is 8.16. The molecule has 2 aromatic rings. The van der Waals surface area contributed by atoms with E-state index in [0.29, 0.717) is 5.69 Å². The first kappa shape index (κ1) is 23.0. The van der Waals surface area contributed by atoms with Crippen molar-refractivity contribution in [3.05, 3.63) is 71.8 Å². The van der Waals surface area contributed by atoms with Crippen LogP contribution in [0, 0.1) is 0 Å². The molecular formula is C19H16Cl3N3O3S. The van der Waals surface area contributed by atoms with Gasteiger partial charge >= 0.3 is 5.97 Å². The zero-order valence-electron chi connectivity index (χ0n) is 14.7. The van der Waals surface area contributed by atoms with Crippen molar-refractivity contribution in [2.45, 2.75) is 9.96 Å². The lowest BCUT2D eigenvalue weighted by Gasteiger charge is -2.27. The van der Waals surface area contributed by atoms with Crippen LogP contribution in [-0.4, -0.2) is 32.1 Å². The topological polar surface area (TPSA) is 90.5 Å². The second-order valence-electron chi connectivity index (χ2n) is 5.71. The fraction of sp³-hybridized carbons (Fsp3) is 0.105. The maximum absolute atomic E-state index is 12.2. The molecule has 6 nitrogen and oxygen atoms in total. The summed E-state index contributed by atoms with van der Waals surface area (Å²) in [6, 6.07) is 15.2. The minimum atomic E-state index is -1.91. The summed E-state index contributed by atoms with van der Waals surface area (Å²) in [5.41, 5.74) is 1.33. The number of carbonyl (C=O) groups is 2. The van der Waals surface area contributed by atoms with Gasteiger partial charge in [-0.3, -0.25) is 4.79 Å². The fourth-order valence-corrected chi connectivity index (χ4v) is 2.72. The highest BCUT2D eigenvalue weighted by molar-refractivity contribution is 7.80. The predicted octanol–water partition coefficient (Wildman–Crippen LogP) is 4.20. The third-order valence-corrected chi connectivity index (χ3v) is 4.36. The quantitative estimate of drug-likeness (QED) is 0.218. The summed E-state index contributed by atoms with van der Waals surface area (Å²) in [6.07, 6.45) is 1.76. The van der Waals surface area contributed by atoms with Gasteiger partial charge in [0.05, 0.1) is 5.56 Å². The Morgan fingerprint density at radius 3 is 2.34 bits per heavy atom. The maximum atomic E-state index is 12.2. The van der Waals surface area contributed by atoms with Gasteiger partial charge in [0.2, 0.25) is 9.70 Å². The molecule has 0 saturated carbocycles. The van der Waals surface area contributed by atoms with Crippen molar-refractivity contribution in [2.75, 3.05) is 5.32 Å².